The van der Waals surface area contributed by atoms with Gasteiger partial charge in [-0.3, -0.25) is 4.79 Å². The predicted molar refractivity (Wildman–Crippen MR) is 78.2 cm³/mol. The summed E-state index contributed by atoms with van der Waals surface area (Å²) in [6.45, 7) is 0. The normalized spacial score (nSPS) is 24.5. The van der Waals surface area contributed by atoms with Crippen LogP contribution in [0.15, 0.2) is 47.5 Å². The third kappa shape index (κ3) is 3.15. The Hall–Kier alpha value is -2.11. The summed E-state index contributed by atoms with van der Waals surface area (Å²) in [5.74, 6) is -3.13. The van der Waals surface area contributed by atoms with Crippen LogP contribution in [0.25, 0.3) is 0 Å². The molecule has 0 saturated carbocycles. The molecule has 0 amide bonds. The predicted octanol–water partition coefficient (Wildman–Crippen LogP) is 2.02. The van der Waals surface area contributed by atoms with Gasteiger partial charge in [-0.1, -0.05) is 35.9 Å². The van der Waals surface area contributed by atoms with E-state index in [1.165, 1.54) is 24.3 Å². The van der Waals surface area contributed by atoms with Crippen molar-refractivity contribution in [3.8, 4) is 0 Å². The van der Waals surface area contributed by atoms with Crippen LogP contribution in [0.2, 0.25) is 0 Å². The quantitative estimate of drug-likeness (QED) is 0.790. The minimum atomic E-state index is -1.27. The van der Waals surface area contributed by atoms with Gasteiger partial charge in [0, 0.05) is 5.03 Å². The summed E-state index contributed by atoms with van der Waals surface area (Å²) in [6, 6.07) is 6.37. The molecule has 6 heteroatoms. The van der Waals surface area contributed by atoms with Crippen LogP contribution in [-0.2, 0) is 11.2 Å². The van der Waals surface area contributed by atoms with Crippen molar-refractivity contribution in [2.75, 3.05) is 0 Å². The first-order valence-corrected chi connectivity index (χ1v) is 6.61. The summed E-state index contributed by atoms with van der Waals surface area (Å²) in [5, 5.41) is 18.8. The molecule has 0 heterocycles. The Labute approximate surface area is 126 Å². The van der Waals surface area contributed by atoms with E-state index in [9.17, 15) is 19.8 Å². The minimum Gasteiger partial charge on any atom is -0.481 e. The molecule has 0 spiro atoms. The number of rotatable bonds is 4. The largest absolute Gasteiger partial charge is 0.481 e. The smallest absolute Gasteiger partial charge is 0.335 e. The Balaban J connectivity index is 2.43. The third-order valence-corrected chi connectivity index (χ3v) is 3.68. The fourth-order valence-corrected chi connectivity index (χ4v) is 2.72. The van der Waals surface area contributed by atoms with Crippen LogP contribution < -0.4 is 5.73 Å². The molecule has 0 fully saturated rings. The van der Waals surface area contributed by atoms with E-state index >= 15 is 0 Å². The van der Waals surface area contributed by atoms with Crippen LogP contribution in [0.5, 0.6) is 0 Å². The minimum absolute atomic E-state index is 0.0625. The standard InChI is InChI=1S/C15H14ClNO4/c16-10-5-6-12(14(20)21)15(17,8-10)7-9-3-1-2-4-11(9)13(18)19/h1-6,8,12H,7,17H2,(H,18,19)(H,20,21). The van der Waals surface area contributed by atoms with Crippen LogP contribution in [0.3, 0.4) is 0 Å². The van der Waals surface area contributed by atoms with Gasteiger partial charge in [-0.2, -0.15) is 0 Å². The lowest BCUT2D eigenvalue weighted by Gasteiger charge is -2.33. The molecule has 1 aliphatic carbocycles. The van der Waals surface area contributed by atoms with Gasteiger partial charge in [-0.05, 0) is 30.2 Å². The summed E-state index contributed by atoms with van der Waals surface area (Å²) >= 11 is 5.92. The van der Waals surface area contributed by atoms with Crippen molar-refractivity contribution in [3.63, 3.8) is 0 Å². The maximum absolute atomic E-state index is 11.4. The highest BCUT2D eigenvalue weighted by atomic mass is 35.5. The summed E-state index contributed by atoms with van der Waals surface area (Å²) in [4.78, 5) is 22.6. The lowest BCUT2D eigenvalue weighted by molar-refractivity contribution is -0.141. The first kappa shape index (κ1) is 15.3. The Morgan fingerprint density at radius 3 is 2.57 bits per heavy atom. The van der Waals surface area contributed by atoms with Crippen molar-refractivity contribution in [2.24, 2.45) is 11.7 Å². The number of allylic oxidation sites excluding steroid dienone is 2. The second-order valence-corrected chi connectivity index (χ2v) is 5.39. The van der Waals surface area contributed by atoms with Gasteiger partial charge in [-0.15, -0.1) is 0 Å². The number of carbonyl (C=O) groups is 2. The highest BCUT2D eigenvalue weighted by Crippen LogP contribution is 2.31. The molecule has 2 atom stereocenters. The van der Waals surface area contributed by atoms with Crippen molar-refractivity contribution in [2.45, 2.75) is 12.0 Å². The molecule has 0 bridgehead atoms. The molecule has 0 radical (unpaired) electrons. The number of hydrogen-bond donors (Lipinski definition) is 3. The zero-order valence-electron chi connectivity index (χ0n) is 11.0. The van der Waals surface area contributed by atoms with E-state index in [0.717, 1.165) is 0 Å². The van der Waals surface area contributed by atoms with Crippen molar-refractivity contribution < 1.29 is 19.8 Å². The third-order valence-electron chi connectivity index (χ3n) is 3.44. The van der Waals surface area contributed by atoms with Crippen LogP contribution in [0.1, 0.15) is 15.9 Å². The van der Waals surface area contributed by atoms with E-state index in [4.69, 9.17) is 17.3 Å². The Bertz CT molecular complexity index is 653. The lowest BCUT2D eigenvalue weighted by atomic mass is 9.76. The number of hydrogen-bond acceptors (Lipinski definition) is 3. The van der Waals surface area contributed by atoms with Gasteiger partial charge in [0.25, 0.3) is 0 Å². The van der Waals surface area contributed by atoms with Crippen molar-refractivity contribution in [3.05, 3.63) is 58.7 Å². The first-order chi connectivity index (χ1) is 9.83. The highest BCUT2D eigenvalue weighted by Gasteiger charge is 2.39. The molecule has 2 rings (SSSR count). The van der Waals surface area contributed by atoms with Gasteiger partial charge in [0.2, 0.25) is 0 Å². The molecule has 21 heavy (non-hydrogen) atoms. The SMILES string of the molecule is NC1(Cc2ccccc2C(=O)O)C=C(Cl)C=CC1C(=O)O. The van der Waals surface area contributed by atoms with Gasteiger partial charge in [0.1, 0.15) is 0 Å². The maximum atomic E-state index is 11.4. The highest BCUT2D eigenvalue weighted by molar-refractivity contribution is 6.31. The Morgan fingerprint density at radius 1 is 1.29 bits per heavy atom. The molecule has 5 nitrogen and oxygen atoms in total. The molecule has 0 aliphatic heterocycles. The number of carboxylic acids is 2. The summed E-state index contributed by atoms with van der Waals surface area (Å²) < 4.78 is 0. The fraction of sp³-hybridized carbons (Fsp3) is 0.200. The molecule has 0 saturated heterocycles. The Kier molecular flexibility index (Phi) is 4.16. The molecule has 1 aromatic rings. The number of halogens is 1. The molecule has 1 aromatic carbocycles. The lowest BCUT2D eigenvalue weighted by Crippen LogP contribution is -2.51. The zero-order chi connectivity index (χ0) is 15.6. The number of aliphatic carboxylic acids is 1. The van der Waals surface area contributed by atoms with E-state index in [0.29, 0.717) is 10.6 Å². The number of nitrogens with two attached hydrogens (primary N) is 1. The van der Waals surface area contributed by atoms with E-state index in [1.54, 1.807) is 18.2 Å². The number of aromatic carboxylic acids is 1. The monoisotopic (exact) mass is 307 g/mol. The van der Waals surface area contributed by atoms with E-state index < -0.39 is 23.4 Å². The summed E-state index contributed by atoms with van der Waals surface area (Å²) in [6.07, 6.45) is 4.43. The average Bonchev–Trinajstić information content (AvgIpc) is 2.37. The second kappa shape index (κ2) is 5.71. The van der Waals surface area contributed by atoms with Gasteiger partial charge < -0.3 is 15.9 Å². The van der Waals surface area contributed by atoms with Crippen LogP contribution in [0, 0.1) is 5.92 Å². The molecule has 110 valence electrons. The maximum Gasteiger partial charge on any atom is 0.335 e. The first-order valence-electron chi connectivity index (χ1n) is 6.23. The van der Waals surface area contributed by atoms with E-state index in [2.05, 4.69) is 0 Å². The van der Waals surface area contributed by atoms with Gasteiger partial charge in [0.05, 0.1) is 17.0 Å². The fourth-order valence-electron chi connectivity index (χ4n) is 2.45. The van der Waals surface area contributed by atoms with Gasteiger partial charge >= 0.3 is 11.9 Å². The van der Waals surface area contributed by atoms with Gasteiger partial charge in [0.15, 0.2) is 0 Å². The van der Waals surface area contributed by atoms with Crippen molar-refractivity contribution in [1.29, 1.82) is 0 Å². The van der Waals surface area contributed by atoms with Crippen molar-refractivity contribution >= 4 is 23.5 Å². The average molecular weight is 308 g/mol. The van der Waals surface area contributed by atoms with E-state index in [-0.39, 0.29) is 12.0 Å². The zero-order valence-corrected chi connectivity index (χ0v) is 11.7. The van der Waals surface area contributed by atoms with Crippen LogP contribution in [0.4, 0.5) is 0 Å². The summed E-state index contributed by atoms with van der Waals surface area (Å²) in [7, 11) is 0. The van der Waals surface area contributed by atoms with Gasteiger partial charge in [-0.25, -0.2) is 4.79 Å². The molecular weight excluding hydrogens is 294 g/mol. The molecule has 4 N–H and O–H groups in total. The number of carboxylic acid groups (broad SMARTS) is 2. The molecule has 1 aliphatic rings. The molecule has 2 unspecified atom stereocenters. The number of benzene rings is 1. The molecule has 0 aromatic heterocycles. The summed E-state index contributed by atoms with van der Waals surface area (Å²) in [5.41, 5.74) is 5.51. The van der Waals surface area contributed by atoms with Crippen molar-refractivity contribution in [1.82, 2.24) is 0 Å². The second-order valence-electron chi connectivity index (χ2n) is 4.96. The Morgan fingerprint density at radius 2 is 1.95 bits per heavy atom. The van der Waals surface area contributed by atoms with Crippen LogP contribution >= 0.6 is 11.6 Å². The van der Waals surface area contributed by atoms with E-state index in [1.807, 2.05) is 0 Å². The topological polar surface area (TPSA) is 101 Å². The van der Waals surface area contributed by atoms with Crippen LogP contribution in [-0.4, -0.2) is 27.7 Å². The molecular formula is C15H14ClNO4.